The third-order valence-electron chi connectivity index (χ3n) is 3.03. The van der Waals surface area contributed by atoms with Gasteiger partial charge in [0.2, 0.25) is 5.91 Å². The highest BCUT2D eigenvalue weighted by Gasteiger charge is 2.14. The smallest absolute Gasteiger partial charge is 0.225 e. The van der Waals surface area contributed by atoms with Gasteiger partial charge in [-0.3, -0.25) is 4.79 Å². The highest BCUT2D eigenvalue weighted by atomic mass is 79.9. The van der Waals surface area contributed by atoms with E-state index in [0.717, 1.165) is 15.6 Å². The van der Waals surface area contributed by atoms with Crippen molar-refractivity contribution < 1.29 is 9.90 Å². The molecule has 2 aromatic carbocycles. The summed E-state index contributed by atoms with van der Waals surface area (Å²) >= 11 is 3.42. The van der Waals surface area contributed by atoms with Gasteiger partial charge in [0.25, 0.3) is 0 Å². The quantitative estimate of drug-likeness (QED) is 0.883. The molecule has 0 spiro atoms. The number of aliphatic hydroxyl groups is 1. The van der Waals surface area contributed by atoms with Crippen LogP contribution in [-0.2, 0) is 11.2 Å². The first-order valence-corrected chi connectivity index (χ1v) is 7.18. The Labute approximate surface area is 126 Å². The van der Waals surface area contributed by atoms with E-state index >= 15 is 0 Å². The van der Waals surface area contributed by atoms with Crippen LogP contribution in [0.2, 0.25) is 0 Å². The highest BCUT2D eigenvalue weighted by Crippen LogP contribution is 2.17. The van der Waals surface area contributed by atoms with Crippen LogP contribution >= 0.6 is 15.9 Å². The minimum Gasteiger partial charge on any atom is -0.394 e. The Morgan fingerprint density at radius 2 is 1.75 bits per heavy atom. The van der Waals surface area contributed by atoms with Crippen LogP contribution in [-0.4, -0.2) is 17.6 Å². The zero-order valence-electron chi connectivity index (χ0n) is 10.9. The van der Waals surface area contributed by atoms with Crippen LogP contribution in [0.1, 0.15) is 17.2 Å². The first-order chi connectivity index (χ1) is 9.70. The van der Waals surface area contributed by atoms with Gasteiger partial charge >= 0.3 is 0 Å². The Morgan fingerprint density at radius 1 is 1.10 bits per heavy atom. The molecule has 0 saturated carbocycles. The number of carbonyl (C=O) groups is 1. The normalized spacial score (nSPS) is 11.9. The largest absolute Gasteiger partial charge is 0.394 e. The lowest BCUT2D eigenvalue weighted by Crippen LogP contribution is -2.32. The molecule has 0 aromatic heterocycles. The molecule has 20 heavy (non-hydrogen) atoms. The van der Waals surface area contributed by atoms with Gasteiger partial charge < -0.3 is 10.4 Å². The van der Waals surface area contributed by atoms with Crippen molar-refractivity contribution in [2.45, 2.75) is 12.5 Å². The van der Waals surface area contributed by atoms with Crippen molar-refractivity contribution >= 4 is 21.8 Å². The van der Waals surface area contributed by atoms with Gasteiger partial charge in [-0.1, -0.05) is 64.5 Å². The Kier molecular flexibility index (Phi) is 5.32. The Bertz CT molecular complexity index is 572. The maximum Gasteiger partial charge on any atom is 0.225 e. The average molecular weight is 334 g/mol. The van der Waals surface area contributed by atoms with Gasteiger partial charge in [0.1, 0.15) is 0 Å². The standard InChI is InChI=1S/C16H16BrNO2/c17-14-9-5-4-8-13(14)10-16(20)18-15(11-19)12-6-2-1-3-7-12/h1-9,15,19H,10-11H2,(H,18,20). The summed E-state index contributed by atoms with van der Waals surface area (Å²) in [5.74, 6) is -0.111. The van der Waals surface area contributed by atoms with Gasteiger partial charge in [-0.25, -0.2) is 0 Å². The topological polar surface area (TPSA) is 49.3 Å². The van der Waals surface area contributed by atoms with Crippen LogP contribution < -0.4 is 5.32 Å². The zero-order valence-corrected chi connectivity index (χ0v) is 12.5. The van der Waals surface area contributed by atoms with E-state index in [9.17, 15) is 9.90 Å². The van der Waals surface area contributed by atoms with E-state index in [4.69, 9.17) is 0 Å². The summed E-state index contributed by atoms with van der Waals surface area (Å²) in [4.78, 5) is 12.1. The zero-order chi connectivity index (χ0) is 14.4. The minimum atomic E-state index is -0.369. The second-order valence-electron chi connectivity index (χ2n) is 4.48. The van der Waals surface area contributed by atoms with Crippen LogP contribution in [0.5, 0.6) is 0 Å². The summed E-state index contributed by atoms with van der Waals surface area (Å²) < 4.78 is 0.912. The fourth-order valence-corrected chi connectivity index (χ4v) is 2.40. The maximum atomic E-state index is 12.1. The second-order valence-corrected chi connectivity index (χ2v) is 5.34. The molecule has 2 N–H and O–H groups in total. The molecule has 0 fully saturated rings. The summed E-state index contributed by atoms with van der Waals surface area (Å²) in [7, 11) is 0. The highest BCUT2D eigenvalue weighted by molar-refractivity contribution is 9.10. The lowest BCUT2D eigenvalue weighted by Gasteiger charge is -2.17. The average Bonchev–Trinajstić information content (AvgIpc) is 2.48. The van der Waals surface area contributed by atoms with Gasteiger partial charge in [-0.2, -0.15) is 0 Å². The Morgan fingerprint density at radius 3 is 2.40 bits per heavy atom. The van der Waals surface area contributed by atoms with E-state index in [1.54, 1.807) is 0 Å². The van der Waals surface area contributed by atoms with Gasteiger partial charge in [-0.05, 0) is 17.2 Å². The van der Waals surface area contributed by atoms with Gasteiger partial charge in [0.15, 0.2) is 0 Å². The van der Waals surface area contributed by atoms with Crippen molar-refractivity contribution in [2.75, 3.05) is 6.61 Å². The maximum absolute atomic E-state index is 12.1. The van der Waals surface area contributed by atoms with Crippen molar-refractivity contribution in [3.63, 3.8) is 0 Å². The lowest BCUT2D eigenvalue weighted by molar-refractivity contribution is -0.121. The van der Waals surface area contributed by atoms with E-state index in [1.807, 2.05) is 54.6 Å². The number of rotatable bonds is 5. The number of aliphatic hydroxyl groups excluding tert-OH is 1. The number of hydrogen-bond donors (Lipinski definition) is 2. The molecule has 0 aliphatic heterocycles. The molecule has 0 saturated heterocycles. The van der Waals surface area contributed by atoms with Crippen molar-refractivity contribution in [3.05, 3.63) is 70.2 Å². The molecule has 0 aliphatic rings. The van der Waals surface area contributed by atoms with Crippen molar-refractivity contribution in [1.82, 2.24) is 5.32 Å². The minimum absolute atomic E-state index is 0.111. The van der Waals surface area contributed by atoms with E-state index in [1.165, 1.54) is 0 Å². The number of benzene rings is 2. The molecule has 0 heterocycles. The number of carbonyl (C=O) groups excluding carboxylic acids is 1. The molecular formula is C16H16BrNO2. The first-order valence-electron chi connectivity index (χ1n) is 6.39. The number of amides is 1. The molecule has 0 radical (unpaired) electrons. The van der Waals surface area contributed by atoms with Crippen molar-refractivity contribution in [2.24, 2.45) is 0 Å². The molecule has 1 unspecified atom stereocenters. The van der Waals surface area contributed by atoms with E-state index in [0.29, 0.717) is 0 Å². The summed E-state index contributed by atoms with van der Waals surface area (Å²) in [6.45, 7) is -0.119. The van der Waals surface area contributed by atoms with Crippen LogP contribution in [0.4, 0.5) is 0 Å². The van der Waals surface area contributed by atoms with Gasteiger partial charge in [0.05, 0.1) is 19.1 Å². The molecule has 4 heteroatoms. The predicted molar refractivity (Wildman–Crippen MR) is 82.3 cm³/mol. The summed E-state index contributed by atoms with van der Waals surface area (Å²) in [5, 5.41) is 12.3. The molecular weight excluding hydrogens is 318 g/mol. The third kappa shape index (κ3) is 3.92. The van der Waals surface area contributed by atoms with Crippen molar-refractivity contribution in [3.8, 4) is 0 Å². The number of halogens is 1. The summed E-state index contributed by atoms with van der Waals surface area (Å²) in [6, 6.07) is 16.7. The van der Waals surface area contributed by atoms with Crippen LogP contribution in [0.3, 0.4) is 0 Å². The SMILES string of the molecule is O=C(Cc1ccccc1Br)NC(CO)c1ccccc1. The van der Waals surface area contributed by atoms with Gasteiger partial charge in [-0.15, -0.1) is 0 Å². The first kappa shape index (κ1) is 14.8. The van der Waals surface area contributed by atoms with Gasteiger partial charge in [0, 0.05) is 4.47 Å². The van der Waals surface area contributed by atoms with E-state index in [-0.39, 0.29) is 25.0 Å². The van der Waals surface area contributed by atoms with E-state index in [2.05, 4.69) is 21.2 Å². The Balaban J connectivity index is 2.02. The molecule has 2 aromatic rings. The summed E-state index contributed by atoms with van der Waals surface area (Å²) in [5.41, 5.74) is 1.82. The third-order valence-corrected chi connectivity index (χ3v) is 3.80. The molecule has 3 nitrogen and oxygen atoms in total. The van der Waals surface area contributed by atoms with Crippen LogP contribution in [0.25, 0.3) is 0 Å². The van der Waals surface area contributed by atoms with Crippen LogP contribution in [0.15, 0.2) is 59.1 Å². The molecule has 0 bridgehead atoms. The monoisotopic (exact) mass is 333 g/mol. The predicted octanol–water partition coefficient (Wildman–Crippen LogP) is 2.84. The molecule has 2 rings (SSSR count). The molecule has 1 amide bonds. The van der Waals surface area contributed by atoms with E-state index < -0.39 is 0 Å². The molecule has 0 aliphatic carbocycles. The fraction of sp³-hybridized carbons (Fsp3) is 0.188. The summed E-state index contributed by atoms with van der Waals surface area (Å²) in [6.07, 6.45) is 0.282. The number of nitrogens with one attached hydrogen (secondary N) is 1. The second kappa shape index (κ2) is 7.22. The lowest BCUT2D eigenvalue weighted by atomic mass is 10.1. The Hall–Kier alpha value is -1.65. The fourth-order valence-electron chi connectivity index (χ4n) is 1.98. The molecule has 1 atom stereocenters. The van der Waals surface area contributed by atoms with Crippen LogP contribution in [0, 0.1) is 0 Å². The van der Waals surface area contributed by atoms with Crippen molar-refractivity contribution in [1.29, 1.82) is 0 Å². The number of hydrogen-bond acceptors (Lipinski definition) is 2. The molecule has 104 valence electrons.